The summed E-state index contributed by atoms with van der Waals surface area (Å²) in [4.78, 5) is 29.9. The minimum Gasteiger partial charge on any atom is -0.333 e. The van der Waals surface area contributed by atoms with E-state index in [-0.39, 0.29) is 33.2 Å². The molecule has 6 atom stereocenters. The molecule has 2 amide bonds. The highest BCUT2D eigenvalue weighted by Gasteiger charge is 2.67. The Morgan fingerprint density at radius 3 is 2.46 bits per heavy atom. The third-order valence-corrected chi connectivity index (χ3v) is 14.3. The van der Waals surface area contributed by atoms with Gasteiger partial charge in [-0.15, -0.1) is 0 Å². The van der Waals surface area contributed by atoms with Gasteiger partial charge in [0.15, 0.2) is 0 Å². The molecule has 0 unspecified atom stereocenters. The minimum absolute atomic E-state index is 0.0822. The molecule has 0 spiro atoms. The Hall–Kier alpha value is -2.77. The molecular weight excluding hydrogens is 568 g/mol. The van der Waals surface area contributed by atoms with E-state index in [0.717, 1.165) is 69.6 Å². The number of hydrogen-bond acceptors (Lipinski definition) is 5. The molecule has 7 rings (SSSR count). The van der Waals surface area contributed by atoms with Gasteiger partial charge in [0.05, 0.1) is 11.0 Å². The van der Waals surface area contributed by atoms with Crippen molar-refractivity contribution in [2.75, 3.05) is 53.4 Å². The summed E-state index contributed by atoms with van der Waals surface area (Å²) in [6.45, 7) is 20.5. The van der Waals surface area contributed by atoms with Crippen LogP contribution in [0.5, 0.6) is 0 Å². The van der Waals surface area contributed by atoms with Crippen molar-refractivity contribution in [1.82, 2.24) is 30.0 Å². The number of likely N-dealkylation sites (N-methyl/N-ethyl adjacent to an activating group) is 1. The lowest BCUT2D eigenvalue weighted by Crippen LogP contribution is -2.66. The summed E-state index contributed by atoms with van der Waals surface area (Å²) < 4.78 is 0. The molecule has 0 bridgehead atoms. The zero-order valence-corrected chi connectivity index (χ0v) is 29.7. The highest BCUT2D eigenvalue weighted by Crippen LogP contribution is 2.75. The second-order valence-corrected chi connectivity index (χ2v) is 17.0. The maximum absolute atomic E-state index is 13.7. The number of piperazine rings is 1. The van der Waals surface area contributed by atoms with E-state index in [1.54, 1.807) is 6.20 Å². The van der Waals surface area contributed by atoms with Gasteiger partial charge in [-0.3, -0.25) is 14.9 Å². The lowest BCUT2D eigenvalue weighted by atomic mass is 9.34. The molecule has 0 radical (unpaired) electrons. The number of allylic oxidation sites excluding steroid dienone is 3. The molecule has 248 valence electrons. The van der Waals surface area contributed by atoms with Gasteiger partial charge in [0, 0.05) is 62.6 Å². The highest BCUT2D eigenvalue weighted by atomic mass is 16.2. The van der Waals surface area contributed by atoms with E-state index in [1.165, 1.54) is 41.5 Å². The van der Waals surface area contributed by atoms with Crippen LogP contribution in [0.15, 0.2) is 30.6 Å². The van der Waals surface area contributed by atoms with Gasteiger partial charge in [0.1, 0.15) is 0 Å². The number of benzene rings is 1. The van der Waals surface area contributed by atoms with E-state index in [2.05, 4.69) is 105 Å². The van der Waals surface area contributed by atoms with E-state index >= 15 is 0 Å². The molecule has 2 saturated carbocycles. The van der Waals surface area contributed by atoms with Crippen LogP contribution < -0.4 is 5.32 Å². The lowest BCUT2D eigenvalue weighted by Gasteiger charge is -2.71. The Morgan fingerprint density at radius 1 is 1.00 bits per heavy atom. The van der Waals surface area contributed by atoms with E-state index in [0.29, 0.717) is 5.92 Å². The van der Waals surface area contributed by atoms with Crippen molar-refractivity contribution >= 4 is 28.7 Å². The van der Waals surface area contributed by atoms with Gasteiger partial charge in [-0.1, -0.05) is 45.9 Å². The van der Waals surface area contributed by atoms with Gasteiger partial charge >= 0.3 is 6.03 Å². The fourth-order valence-electron chi connectivity index (χ4n) is 10.7. The predicted octanol–water partition coefficient (Wildman–Crippen LogP) is 7.02. The normalized spacial score (nSPS) is 37.3. The van der Waals surface area contributed by atoms with Gasteiger partial charge in [-0.2, -0.15) is 0 Å². The maximum atomic E-state index is 13.7. The molecule has 1 aliphatic heterocycles. The molecule has 2 aromatic rings. The monoisotopic (exact) mass is 624 g/mol. The number of amides is 2. The van der Waals surface area contributed by atoms with Crippen molar-refractivity contribution in [2.24, 2.45) is 27.6 Å². The number of aryl methyl sites for hydroxylation is 1. The second-order valence-electron chi connectivity index (χ2n) is 17.0. The fraction of sp³-hybridized carbons (Fsp3) is 0.667. The number of carbonyl (C=O) groups is 1. The Kier molecular flexibility index (Phi) is 7.52. The van der Waals surface area contributed by atoms with Crippen molar-refractivity contribution in [2.45, 2.75) is 85.6 Å². The maximum Gasteiger partial charge on any atom is 0.317 e. The SMILES string of the molecule is Cc1c2c(cc3nccnc13)C1=CC[C@@]3(C)[C@@H]4C[C@](C)(NC(=O)N5CCN(CCN(C)C)CC5)CC[C@]4(C)CC[C@]3(C)[C@]1(C)C=C2. The second kappa shape index (κ2) is 10.9. The Morgan fingerprint density at radius 2 is 1.72 bits per heavy atom. The molecule has 1 aromatic heterocycles. The van der Waals surface area contributed by atoms with Gasteiger partial charge in [0.25, 0.3) is 0 Å². The largest absolute Gasteiger partial charge is 0.333 e. The summed E-state index contributed by atoms with van der Waals surface area (Å²) >= 11 is 0. The average molecular weight is 625 g/mol. The van der Waals surface area contributed by atoms with Crippen molar-refractivity contribution in [1.29, 1.82) is 0 Å². The first-order valence-corrected chi connectivity index (χ1v) is 17.8. The molecule has 5 aliphatic rings. The number of urea groups is 1. The smallest absolute Gasteiger partial charge is 0.317 e. The molecule has 1 N–H and O–H groups in total. The van der Waals surface area contributed by atoms with Crippen LogP contribution in [0.2, 0.25) is 0 Å². The van der Waals surface area contributed by atoms with Crippen LogP contribution in [0.25, 0.3) is 22.7 Å². The van der Waals surface area contributed by atoms with E-state index in [9.17, 15) is 4.79 Å². The van der Waals surface area contributed by atoms with Gasteiger partial charge in [-0.05, 0) is 117 Å². The molecule has 3 fully saturated rings. The van der Waals surface area contributed by atoms with Gasteiger partial charge in [0.2, 0.25) is 0 Å². The molecule has 1 saturated heterocycles. The van der Waals surface area contributed by atoms with Crippen LogP contribution in [0.1, 0.15) is 89.8 Å². The number of hydrogen-bond donors (Lipinski definition) is 1. The fourth-order valence-corrected chi connectivity index (χ4v) is 10.7. The minimum atomic E-state index is -0.195. The summed E-state index contributed by atoms with van der Waals surface area (Å²) in [5.74, 6) is 0.523. The third kappa shape index (κ3) is 4.69. The summed E-state index contributed by atoms with van der Waals surface area (Å²) in [6.07, 6.45) is 18.0. The number of nitrogens with one attached hydrogen (secondary N) is 1. The Bertz CT molecular complexity index is 1610. The Balaban J connectivity index is 1.15. The summed E-state index contributed by atoms with van der Waals surface area (Å²) in [5, 5.41) is 3.63. The van der Waals surface area contributed by atoms with Crippen molar-refractivity contribution in [3.05, 3.63) is 47.3 Å². The van der Waals surface area contributed by atoms with E-state index < -0.39 is 0 Å². The summed E-state index contributed by atoms with van der Waals surface area (Å²) in [6, 6.07) is 2.43. The quantitative estimate of drug-likeness (QED) is 0.396. The molecule has 4 aliphatic carbocycles. The molecule has 1 aromatic carbocycles. The van der Waals surface area contributed by atoms with Crippen LogP contribution in [-0.4, -0.2) is 89.6 Å². The van der Waals surface area contributed by atoms with Crippen LogP contribution in [0.4, 0.5) is 4.79 Å². The first-order valence-electron chi connectivity index (χ1n) is 17.8. The number of nitrogens with zero attached hydrogens (tertiary/aromatic N) is 5. The highest BCUT2D eigenvalue weighted by molar-refractivity contribution is 5.93. The molecule has 2 heterocycles. The third-order valence-electron chi connectivity index (χ3n) is 14.3. The van der Waals surface area contributed by atoms with Crippen LogP contribution in [0.3, 0.4) is 0 Å². The molecule has 7 nitrogen and oxygen atoms in total. The molecular formula is C39H56N6O. The standard InChI is InChI=1S/C39H56N6O/c1-27-28-9-11-37(4)30(29(28)25-31-33(27)41-18-17-40-31)10-12-38(5)32-26-36(3,15-13-35(32,2)14-16-39(37,38)6)42-34(46)45-23-21-44(22-24-45)20-19-43(7)8/h9-11,17-18,25,32H,12-16,19-24,26H2,1-8H3,(H,42,46)/t32-,35-,36-,37-,38+,39-/m1/s1. The van der Waals surface area contributed by atoms with E-state index in [1.807, 2.05) is 6.20 Å². The Labute approximate surface area is 276 Å². The number of carbonyl (C=O) groups excluding carboxylic acids is 1. The average Bonchev–Trinajstić information content (AvgIpc) is 3.02. The topological polar surface area (TPSA) is 64.6 Å². The van der Waals surface area contributed by atoms with Gasteiger partial charge in [-0.25, -0.2) is 4.79 Å². The predicted molar refractivity (Wildman–Crippen MR) is 188 cm³/mol. The number of rotatable bonds is 4. The first-order chi connectivity index (χ1) is 21.7. The van der Waals surface area contributed by atoms with Crippen molar-refractivity contribution in [3.63, 3.8) is 0 Å². The molecule has 46 heavy (non-hydrogen) atoms. The van der Waals surface area contributed by atoms with Crippen molar-refractivity contribution in [3.8, 4) is 0 Å². The van der Waals surface area contributed by atoms with Crippen LogP contribution in [-0.2, 0) is 0 Å². The number of fused-ring (bicyclic) bond motifs is 8. The zero-order chi connectivity index (χ0) is 32.7. The van der Waals surface area contributed by atoms with E-state index in [4.69, 9.17) is 4.98 Å². The number of aromatic nitrogens is 2. The van der Waals surface area contributed by atoms with Gasteiger partial charge < -0.3 is 15.1 Å². The molecule has 7 heteroatoms. The van der Waals surface area contributed by atoms with Crippen LogP contribution >= 0.6 is 0 Å². The first kappa shape index (κ1) is 31.8. The summed E-state index contributed by atoms with van der Waals surface area (Å²) in [5.41, 5.74) is 7.53. The van der Waals surface area contributed by atoms with Crippen LogP contribution in [0, 0.1) is 34.5 Å². The zero-order valence-electron chi connectivity index (χ0n) is 29.7. The van der Waals surface area contributed by atoms with Crippen molar-refractivity contribution < 1.29 is 4.79 Å². The summed E-state index contributed by atoms with van der Waals surface area (Å²) in [7, 11) is 4.25. The lowest BCUT2D eigenvalue weighted by molar-refractivity contribution is -0.171.